The highest BCUT2D eigenvalue weighted by Crippen LogP contribution is 2.30. The van der Waals surface area contributed by atoms with Gasteiger partial charge in [0.05, 0.1) is 17.2 Å². The molecule has 0 aliphatic carbocycles. The summed E-state index contributed by atoms with van der Waals surface area (Å²) in [6.45, 7) is 1.88. The predicted molar refractivity (Wildman–Crippen MR) is 123 cm³/mol. The Morgan fingerprint density at radius 3 is 2.56 bits per heavy atom. The molecule has 156 valence electrons. The summed E-state index contributed by atoms with van der Waals surface area (Å²) in [5.41, 5.74) is 3.06. The number of hydrogen-bond acceptors (Lipinski definition) is 6. The van der Waals surface area contributed by atoms with Crippen LogP contribution in [0.5, 0.6) is 11.6 Å². The van der Waals surface area contributed by atoms with Gasteiger partial charge in [0, 0.05) is 28.5 Å². The summed E-state index contributed by atoms with van der Waals surface area (Å²) in [6.07, 6.45) is 1.55. The normalized spacial score (nSPS) is 10.3. The Morgan fingerprint density at radius 2 is 1.81 bits per heavy atom. The van der Waals surface area contributed by atoms with E-state index in [1.807, 2.05) is 25.1 Å². The number of carbonyl (C=O) groups is 1. The molecule has 1 N–H and O–H groups in total. The third-order valence-electron chi connectivity index (χ3n) is 4.69. The molecule has 1 heterocycles. The van der Waals surface area contributed by atoms with Crippen LogP contribution in [0.15, 0.2) is 79.0 Å². The van der Waals surface area contributed by atoms with Crippen molar-refractivity contribution in [3.8, 4) is 17.7 Å². The molecule has 0 fully saturated rings. The van der Waals surface area contributed by atoms with Crippen molar-refractivity contribution in [2.45, 2.75) is 6.92 Å². The number of benzene rings is 3. The average molecular weight is 441 g/mol. The number of anilines is 2. The molecule has 0 spiro atoms. The van der Waals surface area contributed by atoms with E-state index >= 15 is 0 Å². The fourth-order valence-corrected chi connectivity index (χ4v) is 3.24. The summed E-state index contributed by atoms with van der Waals surface area (Å²) in [4.78, 5) is 21.7. The molecule has 0 bridgehead atoms. The van der Waals surface area contributed by atoms with Crippen LogP contribution in [0.1, 0.15) is 27.0 Å². The number of ketones is 1. The second-order valence-corrected chi connectivity index (χ2v) is 7.36. The third-order valence-corrected chi connectivity index (χ3v) is 4.93. The number of rotatable bonds is 6. The lowest BCUT2D eigenvalue weighted by Gasteiger charge is -2.12. The van der Waals surface area contributed by atoms with E-state index in [1.54, 1.807) is 60.8 Å². The highest BCUT2D eigenvalue weighted by Gasteiger charge is 2.18. The number of hydrogen-bond donors (Lipinski definition) is 1. The van der Waals surface area contributed by atoms with Gasteiger partial charge in [0.2, 0.25) is 11.8 Å². The van der Waals surface area contributed by atoms with Gasteiger partial charge in [-0.25, -0.2) is 4.98 Å². The van der Waals surface area contributed by atoms with Gasteiger partial charge in [0.25, 0.3) is 0 Å². The van der Waals surface area contributed by atoms with Gasteiger partial charge < -0.3 is 10.1 Å². The lowest BCUT2D eigenvalue weighted by Crippen LogP contribution is -2.06. The van der Waals surface area contributed by atoms with Gasteiger partial charge in [-0.2, -0.15) is 10.2 Å². The van der Waals surface area contributed by atoms with Gasteiger partial charge in [0.15, 0.2) is 5.78 Å². The molecule has 0 atom stereocenters. The fraction of sp³-hybridized carbons (Fsp3) is 0.0400. The molecule has 0 saturated heterocycles. The van der Waals surface area contributed by atoms with Gasteiger partial charge >= 0.3 is 0 Å². The van der Waals surface area contributed by atoms with Crippen LogP contribution in [0.2, 0.25) is 5.02 Å². The van der Waals surface area contributed by atoms with E-state index in [1.165, 1.54) is 0 Å². The zero-order valence-electron chi connectivity index (χ0n) is 17.0. The van der Waals surface area contributed by atoms with Crippen LogP contribution in [0.4, 0.5) is 11.6 Å². The minimum absolute atomic E-state index is 0.189. The second kappa shape index (κ2) is 9.29. The molecular weight excluding hydrogens is 424 g/mol. The maximum Gasteiger partial charge on any atom is 0.230 e. The second-order valence-electron chi connectivity index (χ2n) is 6.92. The van der Waals surface area contributed by atoms with Crippen LogP contribution < -0.4 is 10.1 Å². The van der Waals surface area contributed by atoms with Gasteiger partial charge in [-0.05, 0) is 55.0 Å². The third kappa shape index (κ3) is 4.75. The number of nitrogens with one attached hydrogen (secondary N) is 1. The SMILES string of the molecule is Cc1ccccc1C(=O)c1cc(Cl)ccc1Oc1ccnc(Nc2ccc(C#N)cc2)n1. The fourth-order valence-electron chi connectivity index (χ4n) is 3.07. The van der Waals surface area contributed by atoms with Crippen LogP contribution in [0, 0.1) is 18.3 Å². The van der Waals surface area contributed by atoms with Crippen LogP contribution >= 0.6 is 11.6 Å². The Balaban J connectivity index is 1.61. The Hall–Kier alpha value is -4.21. The first kappa shape index (κ1) is 21.0. The maximum atomic E-state index is 13.2. The molecule has 0 aliphatic heterocycles. The molecule has 0 saturated carbocycles. The Labute approximate surface area is 190 Å². The quantitative estimate of drug-likeness (QED) is 0.366. The number of nitrogens with zero attached hydrogens (tertiary/aromatic N) is 3. The first-order chi connectivity index (χ1) is 15.5. The monoisotopic (exact) mass is 440 g/mol. The summed E-state index contributed by atoms with van der Waals surface area (Å²) in [6, 6.07) is 22.8. The summed E-state index contributed by atoms with van der Waals surface area (Å²) in [7, 11) is 0. The van der Waals surface area contributed by atoms with E-state index in [9.17, 15) is 4.79 Å². The molecule has 1 aromatic heterocycles. The molecule has 0 unspecified atom stereocenters. The Kier molecular flexibility index (Phi) is 6.11. The lowest BCUT2D eigenvalue weighted by atomic mass is 9.98. The summed E-state index contributed by atoms with van der Waals surface area (Å²) in [5, 5.41) is 12.4. The smallest absolute Gasteiger partial charge is 0.230 e. The number of ether oxygens (including phenoxy) is 1. The van der Waals surface area contributed by atoms with Crippen molar-refractivity contribution >= 4 is 29.0 Å². The van der Waals surface area contributed by atoms with Crippen LogP contribution in [-0.4, -0.2) is 15.8 Å². The first-order valence-electron chi connectivity index (χ1n) is 9.71. The van der Waals surface area contributed by atoms with Crippen molar-refractivity contribution < 1.29 is 9.53 Å². The van der Waals surface area contributed by atoms with E-state index in [0.717, 1.165) is 11.3 Å². The molecule has 4 aromatic rings. The first-order valence-corrected chi connectivity index (χ1v) is 10.1. The molecule has 32 heavy (non-hydrogen) atoms. The molecule has 0 aliphatic rings. The van der Waals surface area contributed by atoms with E-state index in [4.69, 9.17) is 21.6 Å². The van der Waals surface area contributed by atoms with Gasteiger partial charge in [-0.3, -0.25) is 4.79 Å². The summed E-state index contributed by atoms with van der Waals surface area (Å²) < 4.78 is 5.95. The van der Waals surface area contributed by atoms with E-state index in [0.29, 0.717) is 33.4 Å². The molecule has 0 amide bonds. The number of aryl methyl sites for hydroxylation is 1. The largest absolute Gasteiger partial charge is 0.438 e. The van der Waals surface area contributed by atoms with E-state index < -0.39 is 0 Å². The minimum atomic E-state index is -0.189. The molecule has 6 nitrogen and oxygen atoms in total. The molecule has 0 radical (unpaired) electrons. The molecule has 4 rings (SSSR count). The van der Waals surface area contributed by atoms with E-state index in [-0.39, 0.29) is 11.7 Å². The van der Waals surface area contributed by atoms with Crippen molar-refractivity contribution in [1.29, 1.82) is 5.26 Å². The van der Waals surface area contributed by atoms with Gasteiger partial charge in [-0.15, -0.1) is 0 Å². The van der Waals surface area contributed by atoms with Crippen LogP contribution in [0.3, 0.4) is 0 Å². The topological polar surface area (TPSA) is 87.9 Å². The zero-order chi connectivity index (χ0) is 22.5. The number of aromatic nitrogens is 2. The average Bonchev–Trinajstić information content (AvgIpc) is 2.81. The Morgan fingerprint density at radius 1 is 1.03 bits per heavy atom. The van der Waals surface area contributed by atoms with Crippen molar-refractivity contribution in [3.05, 3.63) is 106 Å². The van der Waals surface area contributed by atoms with Crippen molar-refractivity contribution in [1.82, 2.24) is 9.97 Å². The van der Waals surface area contributed by atoms with Crippen LogP contribution in [-0.2, 0) is 0 Å². The van der Waals surface area contributed by atoms with Crippen molar-refractivity contribution in [2.75, 3.05) is 5.32 Å². The van der Waals surface area contributed by atoms with E-state index in [2.05, 4.69) is 21.4 Å². The lowest BCUT2D eigenvalue weighted by molar-refractivity contribution is 0.103. The van der Waals surface area contributed by atoms with Crippen LogP contribution in [0.25, 0.3) is 0 Å². The van der Waals surface area contributed by atoms with Crippen molar-refractivity contribution in [2.24, 2.45) is 0 Å². The summed E-state index contributed by atoms with van der Waals surface area (Å²) >= 11 is 6.16. The number of nitriles is 1. The maximum absolute atomic E-state index is 13.2. The van der Waals surface area contributed by atoms with Crippen molar-refractivity contribution in [3.63, 3.8) is 0 Å². The Bertz CT molecular complexity index is 1330. The molecule has 3 aromatic carbocycles. The highest BCUT2D eigenvalue weighted by atomic mass is 35.5. The van der Waals surface area contributed by atoms with Gasteiger partial charge in [-0.1, -0.05) is 35.9 Å². The molecule has 7 heteroatoms. The summed E-state index contributed by atoms with van der Waals surface area (Å²) in [5.74, 6) is 0.724. The molecular formula is C25H17ClN4O2. The number of carbonyl (C=O) groups excluding carboxylic acids is 1. The standard InChI is InChI=1S/C25H17ClN4O2/c1-16-4-2-3-5-20(16)24(31)21-14-18(26)8-11-22(21)32-23-12-13-28-25(30-23)29-19-9-6-17(15-27)7-10-19/h2-14H,1H3,(H,28,29,30). The minimum Gasteiger partial charge on any atom is -0.438 e. The number of halogens is 1. The predicted octanol–water partition coefficient (Wildman–Crippen LogP) is 6.08. The highest BCUT2D eigenvalue weighted by molar-refractivity contribution is 6.31. The van der Waals surface area contributed by atoms with Gasteiger partial charge in [0.1, 0.15) is 5.75 Å². The zero-order valence-corrected chi connectivity index (χ0v) is 17.8.